The van der Waals surface area contributed by atoms with E-state index in [9.17, 15) is 17.6 Å². The van der Waals surface area contributed by atoms with Crippen LogP contribution in [0.2, 0.25) is 0 Å². The van der Waals surface area contributed by atoms with Gasteiger partial charge in [0.1, 0.15) is 18.2 Å². The number of amides is 1. The number of hydrogen-bond acceptors (Lipinski definition) is 7. The van der Waals surface area contributed by atoms with Crippen molar-refractivity contribution in [2.45, 2.75) is 4.90 Å². The number of sulfonamides is 1. The van der Waals surface area contributed by atoms with Crippen LogP contribution in [0.15, 0.2) is 47.4 Å². The van der Waals surface area contributed by atoms with Crippen molar-refractivity contribution in [2.75, 3.05) is 67.1 Å². The number of rotatable bonds is 10. The Morgan fingerprint density at radius 2 is 1.65 bits per heavy atom. The lowest BCUT2D eigenvalue weighted by atomic mass is 10.3. The van der Waals surface area contributed by atoms with Gasteiger partial charge >= 0.3 is 0 Å². The van der Waals surface area contributed by atoms with Gasteiger partial charge in [0.25, 0.3) is 0 Å². The van der Waals surface area contributed by atoms with Crippen molar-refractivity contribution in [1.82, 2.24) is 14.1 Å². The molecule has 0 atom stereocenters. The molecule has 11 heteroatoms. The van der Waals surface area contributed by atoms with Crippen LogP contribution in [0, 0.1) is 5.82 Å². The first-order valence-corrected chi connectivity index (χ1v) is 12.3. The Balaban J connectivity index is 1.47. The van der Waals surface area contributed by atoms with Crippen LogP contribution < -0.4 is 14.2 Å². The highest BCUT2D eigenvalue weighted by molar-refractivity contribution is 7.89. The molecule has 0 aromatic heterocycles. The van der Waals surface area contributed by atoms with Gasteiger partial charge in [0, 0.05) is 38.8 Å². The zero-order valence-electron chi connectivity index (χ0n) is 19.6. The van der Waals surface area contributed by atoms with Gasteiger partial charge in [0.15, 0.2) is 11.5 Å². The molecule has 1 saturated heterocycles. The van der Waals surface area contributed by atoms with Gasteiger partial charge in [0.05, 0.1) is 25.7 Å². The summed E-state index contributed by atoms with van der Waals surface area (Å²) in [6.45, 7) is 2.09. The molecule has 186 valence electrons. The molecule has 0 unspecified atom stereocenters. The molecule has 0 spiro atoms. The molecule has 0 bridgehead atoms. The smallest absolute Gasteiger partial charge is 0.243 e. The fraction of sp³-hybridized carbons (Fsp3) is 0.435. The molecule has 0 aliphatic carbocycles. The van der Waals surface area contributed by atoms with Gasteiger partial charge in [-0.1, -0.05) is 0 Å². The normalized spacial score (nSPS) is 14.8. The van der Waals surface area contributed by atoms with Crippen LogP contribution in [-0.4, -0.2) is 95.6 Å². The predicted molar refractivity (Wildman–Crippen MR) is 124 cm³/mol. The number of carbonyl (C=O) groups is 1. The topological polar surface area (TPSA) is 88.6 Å². The minimum atomic E-state index is -3.72. The second-order valence-corrected chi connectivity index (χ2v) is 9.78. The van der Waals surface area contributed by atoms with Crippen molar-refractivity contribution in [2.24, 2.45) is 0 Å². The average molecular weight is 496 g/mol. The molecule has 1 aliphatic heterocycles. The van der Waals surface area contributed by atoms with Gasteiger partial charge in [-0.3, -0.25) is 9.69 Å². The number of methoxy groups -OCH3 is 2. The fourth-order valence-electron chi connectivity index (χ4n) is 3.56. The Kier molecular flexibility index (Phi) is 8.70. The molecule has 0 saturated carbocycles. The van der Waals surface area contributed by atoms with Crippen LogP contribution >= 0.6 is 0 Å². The van der Waals surface area contributed by atoms with E-state index in [1.54, 1.807) is 23.1 Å². The van der Waals surface area contributed by atoms with Gasteiger partial charge < -0.3 is 19.1 Å². The molecule has 1 fully saturated rings. The third-order valence-electron chi connectivity index (χ3n) is 5.54. The highest BCUT2D eigenvalue weighted by Gasteiger charge is 2.31. The maximum atomic E-state index is 13.0. The minimum absolute atomic E-state index is 0.0764. The van der Waals surface area contributed by atoms with Gasteiger partial charge in [-0.2, -0.15) is 4.31 Å². The Labute approximate surface area is 199 Å². The molecular formula is C23H30FN3O6S. The third-order valence-corrected chi connectivity index (χ3v) is 7.44. The van der Waals surface area contributed by atoms with E-state index in [1.807, 2.05) is 11.9 Å². The standard InChI is InChI=1S/C23H30FN3O6S/c1-25(14-15-33-19-6-4-18(24)5-7-19)17-23(28)26-10-12-27(13-11-26)34(29,30)20-8-9-21(31-2)22(16-20)32-3/h4-9,16H,10-15,17H2,1-3H3. The molecule has 2 aromatic rings. The van der Waals surface area contributed by atoms with Crippen LogP contribution in [0.1, 0.15) is 0 Å². The summed E-state index contributed by atoms with van der Waals surface area (Å²) in [5.41, 5.74) is 0. The lowest BCUT2D eigenvalue weighted by molar-refractivity contribution is -0.133. The number of piperazine rings is 1. The monoisotopic (exact) mass is 495 g/mol. The summed E-state index contributed by atoms with van der Waals surface area (Å²) in [5, 5.41) is 0. The summed E-state index contributed by atoms with van der Waals surface area (Å²) in [6, 6.07) is 10.2. The molecule has 0 radical (unpaired) electrons. The quantitative estimate of drug-likeness (QED) is 0.496. The molecule has 9 nitrogen and oxygen atoms in total. The van der Waals surface area contributed by atoms with Gasteiger partial charge in [-0.15, -0.1) is 0 Å². The first kappa shape index (κ1) is 25.7. The molecule has 1 amide bonds. The summed E-state index contributed by atoms with van der Waals surface area (Å²) in [5.74, 6) is 0.944. The van der Waals surface area contributed by atoms with Crippen molar-refractivity contribution in [3.63, 3.8) is 0 Å². The Morgan fingerprint density at radius 3 is 2.26 bits per heavy atom. The summed E-state index contributed by atoms with van der Waals surface area (Å²) in [6.07, 6.45) is 0. The number of ether oxygens (including phenoxy) is 3. The van der Waals surface area contributed by atoms with Crippen LogP contribution in [0.4, 0.5) is 4.39 Å². The highest BCUT2D eigenvalue weighted by Crippen LogP contribution is 2.30. The third kappa shape index (κ3) is 6.37. The number of likely N-dealkylation sites (N-methyl/N-ethyl adjacent to an activating group) is 1. The Bertz CT molecular complexity index is 1070. The average Bonchev–Trinajstić information content (AvgIpc) is 2.84. The largest absolute Gasteiger partial charge is 0.493 e. The van der Waals surface area contributed by atoms with E-state index in [0.29, 0.717) is 43.5 Å². The zero-order chi connectivity index (χ0) is 24.7. The fourth-order valence-corrected chi connectivity index (χ4v) is 5.00. The van der Waals surface area contributed by atoms with Gasteiger partial charge in [0.2, 0.25) is 15.9 Å². The minimum Gasteiger partial charge on any atom is -0.493 e. The Morgan fingerprint density at radius 1 is 1.00 bits per heavy atom. The molecule has 1 heterocycles. The number of halogens is 1. The predicted octanol–water partition coefficient (Wildman–Crippen LogP) is 1.69. The van der Waals surface area contributed by atoms with E-state index in [4.69, 9.17) is 14.2 Å². The molecule has 2 aromatic carbocycles. The molecule has 3 rings (SSSR count). The second kappa shape index (κ2) is 11.5. The van der Waals surface area contributed by atoms with Gasteiger partial charge in [-0.05, 0) is 43.4 Å². The lowest BCUT2D eigenvalue weighted by Crippen LogP contribution is -2.52. The summed E-state index contributed by atoms with van der Waals surface area (Å²) in [4.78, 5) is 16.3. The number of benzene rings is 2. The van der Waals surface area contributed by atoms with Crippen molar-refractivity contribution in [1.29, 1.82) is 0 Å². The molecule has 0 N–H and O–H groups in total. The lowest BCUT2D eigenvalue weighted by Gasteiger charge is -2.34. The number of hydrogen-bond donors (Lipinski definition) is 0. The van der Waals surface area contributed by atoms with Crippen LogP contribution in [0.5, 0.6) is 17.2 Å². The van der Waals surface area contributed by atoms with Gasteiger partial charge in [-0.25, -0.2) is 12.8 Å². The summed E-state index contributed by atoms with van der Waals surface area (Å²) < 4.78 is 56.3. The molecule has 1 aliphatic rings. The first-order chi connectivity index (χ1) is 16.2. The van der Waals surface area contributed by atoms with E-state index in [2.05, 4.69) is 0 Å². The zero-order valence-corrected chi connectivity index (χ0v) is 20.4. The van der Waals surface area contributed by atoms with Crippen LogP contribution in [-0.2, 0) is 14.8 Å². The Hall–Kier alpha value is -2.89. The molecular weight excluding hydrogens is 465 g/mol. The van der Waals surface area contributed by atoms with Crippen molar-refractivity contribution < 1.29 is 31.8 Å². The summed E-state index contributed by atoms with van der Waals surface area (Å²) >= 11 is 0. The number of nitrogens with zero attached hydrogens (tertiary/aromatic N) is 3. The van der Waals surface area contributed by atoms with E-state index in [-0.39, 0.29) is 36.3 Å². The highest BCUT2D eigenvalue weighted by atomic mass is 32.2. The SMILES string of the molecule is COc1ccc(S(=O)(=O)N2CCN(C(=O)CN(C)CCOc3ccc(F)cc3)CC2)cc1OC. The maximum absolute atomic E-state index is 13.0. The first-order valence-electron chi connectivity index (χ1n) is 10.8. The number of carbonyl (C=O) groups excluding carboxylic acids is 1. The van der Waals surface area contributed by atoms with Crippen LogP contribution in [0.3, 0.4) is 0 Å². The maximum Gasteiger partial charge on any atom is 0.243 e. The van der Waals surface area contributed by atoms with Crippen LogP contribution in [0.25, 0.3) is 0 Å². The van der Waals surface area contributed by atoms with Crippen molar-refractivity contribution in [3.05, 3.63) is 48.3 Å². The van der Waals surface area contributed by atoms with Crippen molar-refractivity contribution in [3.8, 4) is 17.2 Å². The second-order valence-electron chi connectivity index (χ2n) is 7.84. The van der Waals surface area contributed by atoms with Crippen molar-refractivity contribution >= 4 is 15.9 Å². The molecule has 34 heavy (non-hydrogen) atoms. The van der Waals surface area contributed by atoms with E-state index in [0.717, 1.165) is 0 Å². The summed E-state index contributed by atoms with van der Waals surface area (Å²) in [7, 11) is 1.02. The van der Waals surface area contributed by atoms with E-state index in [1.165, 1.54) is 42.8 Å². The van der Waals surface area contributed by atoms with E-state index < -0.39 is 10.0 Å². The van der Waals surface area contributed by atoms with E-state index >= 15 is 0 Å².